The monoisotopic (exact) mass is 433 g/mol. The van der Waals surface area contributed by atoms with Gasteiger partial charge in [-0.15, -0.1) is 11.3 Å². The second-order valence-corrected chi connectivity index (χ2v) is 7.96. The van der Waals surface area contributed by atoms with E-state index in [1.807, 2.05) is 13.0 Å². The molecule has 2 rings (SSSR count). The Labute approximate surface area is 143 Å². The normalized spacial score (nSPS) is 10.3. The molecular formula is C14H13Br2NO3S. The molecule has 0 spiro atoms. The molecule has 0 bridgehead atoms. The van der Waals surface area contributed by atoms with Gasteiger partial charge in [-0.3, -0.25) is 4.79 Å². The fourth-order valence-electron chi connectivity index (χ4n) is 1.80. The number of thiophene rings is 1. The molecule has 0 saturated carbocycles. The minimum Gasteiger partial charge on any atom is -0.493 e. The summed E-state index contributed by atoms with van der Waals surface area (Å²) in [6.07, 6.45) is 0. The first-order valence-corrected chi connectivity index (χ1v) is 8.35. The zero-order valence-corrected chi connectivity index (χ0v) is 15.6. The van der Waals surface area contributed by atoms with Crippen molar-refractivity contribution in [2.24, 2.45) is 0 Å². The molecule has 0 saturated heterocycles. The minimum absolute atomic E-state index is 0.181. The highest BCUT2D eigenvalue weighted by Crippen LogP contribution is 2.35. The summed E-state index contributed by atoms with van der Waals surface area (Å²) in [6, 6.07) is 5.36. The van der Waals surface area contributed by atoms with Crippen LogP contribution < -0.4 is 14.8 Å². The molecule has 7 heteroatoms. The van der Waals surface area contributed by atoms with Crippen LogP contribution in [0.25, 0.3) is 0 Å². The number of rotatable bonds is 4. The zero-order valence-electron chi connectivity index (χ0n) is 11.6. The smallest absolute Gasteiger partial charge is 0.257 e. The number of anilines is 1. The van der Waals surface area contributed by atoms with Crippen LogP contribution in [0.1, 0.15) is 15.9 Å². The van der Waals surface area contributed by atoms with Gasteiger partial charge >= 0.3 is 0 Å². The van der Waals surface area contributed by atoms with Crippen LogP contribution in [0.3, 0.4) is 0 Å². The van der Waals surface area contributed by atoms with Crippen molar-refractivity contribution < 1.29 is 14.3 Å². The third kappa shape index (κ3) is 3.59. The van der Waals surface area contributed by atoms with Crippen LogP contribution >= 0.6 is 43.2 Å². The van der Waals surface area contributed by atoms with Crippen LogP contribution in [-0.2, 0) is 0 Å². The van der Waals surface area contributed by atoms with Gasteiger partial charge in [-0.25, -0.2) is 0 Å². The van der Waals surface area contributed by atoms with Gasteiger partial charge in [-0.05, 0) is 56.5 Å². The van der Waals surface area contributed by atoms with Gasteiger partial charge in [0.15, 0.2) is 11.5 Å². The molecule has 0 aliphatic rings. The molecule has 1 aromatic heterocycles. The number of carbonyl (C=O) groups is 1. The average molecular weight is 435 g/mol. The number of ether oxygens (including phenoxy) is 2. The largest absolute Gasteiger partial charge is 0.493 e. The molecule has 0 aliphatic heterocycles. The van der Waals surface area contributed by atoms with Gasteiger partial charge in [-0.1, -0.05) is 0 Å². The minimum atomic E-state index is -0.181. The van der Waals surface area contributed by atoms with E-state index in [9.17, 15) is 4.79 Å². The third-order valence-electron chi connectivity index (χ3n) is 2.88. The molecule has 112 valence electrons. The second kappa shape index (κ2) is 6.81. The van der Waals surface area contributed by atoms with Gasteiger partial charge in [0.2, 0.25) is 0 Å². The Morgan fingerprint density at radius 2 is 1.76 bits per heavy atom. The number of hydrogen-bond donors (Lipinski definition) is 1. The summed E-state index contributed by atoms with van der Waals surface area (Å²) in [5.74, 6) is 1.02. The first-order chi connectivity index (χ1) is 9.96. The molecule has 1 amide bonds. The van der Waals surface area contributed by atoms with E-state index in [-0.39, 0.29) is 5.91 Å². The van der Waals surface area contributed by atoms with Crippen LogP contribution in [0, 0.1) is 6.92 Å². The lowest BCUT2D eigenvalue weighted by Crippen LogP contribution is -2.12. The first kappa shape index (κ1) is 16.3. The third-order valence-corrected chi connectivity index (χ3v) is 5.22. The van der Waals surface area contributed by atoms with Crippen LogP contribution in [-0.4, -0.2) is 20.1 Å². The summed E-state index contributed by atoms with van der Waals surface area (Å²) in [5, 5.41) is 2.89. The summed E-state index contributed by atoms with van der Waals surface area (Å²) < 4.78 is 12.2. The fraction of sp³-hybridized carbons (Fsp3) is 0.214. The summed E-state index contributed by atoms with van der Waals surface area (Å²) in [6.45, 7) is 1.90. The van der Waals surface area contributed by atoms with Gasteiger partial charge in [0.05, 0.1) is 27.4 Å². The number of methoxy groups -OCH3 is 2. The summed E-state index contributed by atoms with van der Waals surface area (Å²) >= 11 is 8.20. The number of carbonyl (C=O) groups excluding carboxylic acids is 1. The van der Waals surface area contributed by atoms with Gasteiger partial charge < -0.3 is 14.8 Å². The number of benzene rings is 1. The Balaban J connectivity index is 2.31. The summed E-state index contributed by atoms with van der Waals surface area (Å²) in [5.41, 5.74) is 2.17. The lowest BCUT2D eigenvalue weighted by Gasteiger charge is -2.13. The van der Waals surface area contributed by atoms with Crippen LogP contribution in [0.4, 0.5) is 5.69 Å². The topological polar surface area (TPSA) is 47.6 Å². The maximum atomic E-state index is 12.3. The molecule has 0 radical (unpaired) electrons. The highest BCUT2D eigenvalue weighted by molar-refractivity contribution is 9.12. The molecule has 0 atom stereocenters. The van der Waals surface area contributed by atoms with Crippen molar-refractivity contribution >= 4 is 54.8 Å². The van der Waals surface area contributed by atoms with Crippen molar-refractivity contribution in [1.82, 2.24) is 0 Å². The van der Waals surface area contributed by atoms with Gasteiger partial charge in [0.1, 0.15) is 0 Å². The number of hydrogen-bond acceptors (Lipinski definition) is 4. The molecule has 0 unspecified atom stereocenters. The molecule has 21 heavy (non-hydrogen) atoms. The predicted molar refractivity (Wildman–Crippen MR) is 92.0 cm³/mol. The Morgan fingerprint density at radius 1 is 1.14 bits per heavy atom. The van der Waals surface area contributed by atoms with E-state index in [0.717, 1.165) is 13.1 Å². The predicted octanol–water partition coefficient (Wildman–Crippen LogP) is 4.85. The molecule has 0 aliphatic carbocycles. The molecule has 1 heterocycles. The molecule has 1 aromatic carbocycles. The fourth-order valence-corrected chi connectivity index (χ4v) is 4.59. The van der Waals surface area contributed by atoms with E-state index in [1.54, 1.807) is 26.4 Å². The molecule has 0 fully saturated rings. The highest BCUT2D eigenvalue weighted by atomic mass is 79.9. The first-order valence-electron chi connectivity index (χ1n) is 5.95. The van der Waals surface area contributed by atoms with Crippen molar-refractivity contribution in [2.75, 3.05) is 19.5 Å². The molecule has 4 nitrogen and oxygen atoms in total. The Kier molecular flexibility index (Phi) is 5.29. The van der Waals surface area contributed by atoms with Crippen LogP contribution in [0.2, 0.25) is 0 Å². The number of nitrogens with one attached hydrogen (secondary N) is 1. The number of aryl methyl sites for hydroxylation is 1. The summed E-state index contributed by atoms with van der Waals surface area (Å²) in [7, 11) is 3.14. The summed E-state index contributed by atoms with van der Waals surface area (Å²) in [4.78, 5) is 12.3. The van der Waals surface area contributed by atoms with Gasteiger partial charge in [0, 0.05) is 11.8 Å². The van der Waals surface area contributed by atoms with Gasteiger partial charge in [0.25, 0.3) is 5.91 Å². The Bertz CT molecular complexity index is 685. The van der Waals surface area contributed by atoms with Crippen LogP contribution in [0.5, 0.6) is 11.5 Å². The van der Waals surface area contributed by atoms with E-state index in [2.05, 4.69) is 37.2 Å². The Hall–Kier alpha value is -1.05. The van der Waals surface area contributed by atoms with Crippen LogP contribution in [0.15, 0.2) is 25.8 Å². The van der Waals surface area contributed by atoms with E-state index >= 15 is 0 Å². The van der Waals surface area contributed by atoms with E-state index in [4.69, 9.17) is 9.47 Å². The van der Waals surface area contributed by atoms with Crippen molar-refractivity contribution in [3.63, 3.8) is 0 Å². The SMILES string of the molecule is COc1cc(C)c(NC(=O)c2cc(Br)sc2Br)cc1OC. The standard InChI is InChI=1S/C14H13Br2NO3S/c1-7-4-10(19-2)11(20-3)6-9(7)17-14(18)8-5-12(15)21-13(8)16/h4-6H,1-3H3,(H,17,18). The van der Waals surface area contributed by atoms with E-state index in [0.29, 0.717) is 22.7 Å². The molecule has 2 aromatic rings. The highest BCUT2D eigenvalue weighted by Gasteiger charge is 2.16. The van der Waals surface area contributed by atoms with Crippen molar-refractivity contribution in [1.29, 1.82) is 0 Å². The van der Waals surface area contributed by atoms with E-state index in [1.165, 1.54) is 11.3 Å². The number of halogens is 2. The lowest BCUT2D eigenvalue weighted by molar-refractivity contribution is 0.102. The van der Waals surface area contributed by atoms with Crippen molar-refractivity contribution in [2.45, 2.75) is 6.92 Å². The van der Waals surface area contributed by atoms with Crippen molar-refractivity contribution in [3.05, 3.63) is 36.9 Å². The molecular weight excluding hydrogens is 422 g/mol. The average Bonchev–Trinajstić information content (AvgIpc) is 2.79. The molecule has 1 N–H and O–H groups in total. The van der Waals surface area contributed by atoms with Gasteiger partial charge in [-0.2, -0.15) is 0 Å². The maximum absolute atomic E-state index is 12.3. The lowest BCUT2D eigenvalue weighted by atomic mass is 10.1. The Morgan fingerprint density at radius 3 is 2.29 bits per heavy atom. The second-order valence-electron chi connectivity index (χ2n) is 4.21. The zero-order chi connectivity index (χ0) is 15.6. The number of amides is 1. The maximum Gasteiger partial charge on any atom is 0.257 e. The van der Waals surface area contributed by atoms with E-state index < -0.39 is 0 Å². The quantitative estimate of drug-likeness (QED) is 0.747. The van der Waals surface area contributed by atoms with Crippen molar-refractivity contribution in [3.8, 4) is 11.5 Å².